The van der Waals surface area contributed by atoms with E-state index in [9.17, 15) is 4.79 Å². The molecule has 90 valence electrons. The molecule has 4 heteroatoms. The average molecular weight is 223 g/mol. The van der Waals surface area contributed by atoms with Gasteiger partial charge in [0.2, 0.25) is 5.91 Å². The molecule has 1 aromatic rings. The number of carbonyl (C=O) groups is 1. The van der Waals surface area contributed by atoms with Crippen LogP contribution in [0.2, 0.25) is 0 Å². The van der Waals surface area contributed by atoms with Crippen LogP contribution in [-0.2, 0) is 11.2 Å². The second kappa shape index (κ2) is 5.16. The highest BCUT2D eigenvalue weighted by Gasteiger charge is 2.28. The molecule has 1 rings (SSSR count). The zero-order valence-corrected chi connectivity index (χ0v) is 10.3. The van der Waals surface area contributed by atoms with Gasteiger partial charge in [-0.05, 0) is 26.0 Å². The first-order valence-electron chi connectivity index (χ1n) is 5.55. The summed E-state index contributed by atoms with van der Waals surface area (Å²) in [4.78, 5) is 16.9. The van der Waals surface area contributed by atoms with Gasteiger partial charge in [0.15, 0.2) is 0 Å². The van der Waals surface area contributed by atoms with E-state index in [2.05, 4.69) is 4.98 Å². The van der Waals surface area contributed by atoms with Crippen LogP contribution in [0.5, 0.6) is 0 Å². The van der Waals surface area contributed by atoms with Gasteiger partial charge < -0.3 is 15.6 Å². The number of carbonyl (C=O) groups excluding carboxylic acids is 1. The molecule has 0 aliphatic rings. The third-order valence-corrected chi connectivity index (χ3v) is 2.81. The van der Waals surface area contributed by atoms with Crippen LogP contribution in [0.3, 0.4) is 0 Å². The number of aromatic nitrogens is 1. The van der Waals surface area contributed by atoms with Gasteiger partial charge >= 0.3 is 0 Å². The smallest absolute Gasteiger partial charge is 0.229 e. The Morgan fingerprint density at radius 2 is 2.25 bits per heavy atom. The number of rotatable bonds is 5. The first-order chi connectivity index (χ1) is 7.47. The number of nitrogens with two attached hydrogens (primary N) is 1. The van der Waals surface area contributed by atoms with Crippen LogP contribution in [0, 0.1) is 5.41 Å². The highest BCUT2D eigenvalue weighted by molar-refractivity contribution is 5.81. The van der Waals surface area contributed by atoms with E-state index in [1.54, 1.807) is 4.90 Å². The molecular weight excluding hydrogens is 202 g/mol. The van der Waals surface area contributed by atoms with Crippen molar-refractivity contribution in [2.75, 3.05) is 20.1 Å². The molecule has 0 spiro atoms. The lowest BCUT2D eigenvalue weighted by Gasteiger charge is -2.28. The fourth-order valence-corrected chi connectivity index (χ4v) is 1.52. The molecule has 0 atom stereocenters. The number of hydrogen-bond acceptors (Lipinski definition) is 2. The highest BCUT2D eigenvalue weighted by Crippen LogP contribution is 2.16. The average Bonchev–Trinajstić information content (AvgIpc) is 2.77. The quantitative estimate of drug-likeness (QED) is 0.782. The maximum absolute atomic E-state index is 12.0. The van der Waals surface area contributed by atoms with Crippen molar-refractivity contribution in [1.82, 2.24) is 9.88 Å². The van der Waals surface area contributed by atoms with Gasteiger partial charge in [0, 0.05) is 38.4 Å². The lowest BCUT2D eigenvalue weighted by molar-refractivity contribution is -0.138. The molecule has 0 fully saturated rings. The minimum Gasteiger partial charge on any atom is -0.365 e. The van der Waals surface area contributed by atoms with E-state index in [1.165, 1.54) is 0 Å². The van der Waals surface area contributed by atoms with Crippen molar-refractivity contribution in [3.63, 3.8) is 0 Å². The fraction of sp³-hybridized carbons (Fsp3) is 0.583. The summed E-state index contributed by atoms with van der Waals surface area (Å²) < 4.78 is 0. The van der Waals surface area contributed by atoms with Crippen LogP contribution < -0.4 is 5.73 Å². The molecule has 1 amide bonds. The third-order valence-electron chi connectivity index (χ3n) is 2.81. The zero-order valence-electron chi connectivity index (χ0n) is 10.3. The molecule has 1 aromatic heterocycles. The van der Waals surface area contributed by atoms with Gasteiger partial charge in [-0.1, -0.05) is 0 Å². The number of aromatic amines is 1. The molecule has 0 unspecified atom stereocenters. The molecule has 0 bridgehead atoms. The van der Waals surface area contributed by atoms with Crippen molar-refractivity contribution in [3.05, 3.63) is 24.0 Å². The topological polar surface area (TPSA) is 62.1 Å². The molecule has 16 heavy (non-hydrogen) atoms. The van der Waals surface area contributed by atoms with E-state index in [0.29, 0.717) is 13.1 Å². The SMILES string of the molecule is CN(CCc1ccc[nH]1)C(=O)C(C)(C)CN. The second-order valence-corrected chi connectivity index (χ2v) is 4.76. The largest absolute Gasteiger partial charge is 0.365 e. The van der Waals surface area contributed by atoms with Gasteiger partial charge in [-0.25, -0.2) is 0 Å². The molecular formula is C12H21N3O. The molecule has 0 aliphatic carbocycles. The van der Waals surface area contributed by atoms with Crippen LogP contribution in [0.15, 0.2) is 18.3 Å². The van der Waals surface area contributed by atoms with Crippen LogP contribution in [-0.4, -0.2) is 35.9 Å². The Balaban J connectivity index is 2.46. The first kappa shape index (κ1) is 12.8. The van der Waals surface area contributed by atoms with Gasteiger partial charge in [0.05, 0.1) is 5.41 Å². The van der Waals surface area contributed by atoms with Crippen molar-refractivity contribution in [1.29, 1.82) is 0 Å². The summed E-state index contributed by atoms with van der Waals surface area (Å²) in [5, 5.41) is 0. The van der Waals surface area contributed by atoms with Crippen LogP contribution >= 0.6 is 0 Å². The monoisotopic (exact) mass is 223 g/mol. The number of nitrogens with zero attached hydrogens (tertiary/aromatic N) is 1. The Morgan fingerprint density at radius 1 is 1.56 bits per heavy atom. The molecule has 1 heterocycles. The van der Waals surface area contributed by atoms with E-state index in [4.69, 9.17) is 5.73 Å². The van der Waals surface area contributed by atoms with Crippen molar-refractivity contribution in [2.24, 2.45) is 11.1 Å². The normalized spacial score (nSPS) is 11.5. The summed E-state index contributed by atoms with van der Waals surface area (Å²) in [6.07, 6.45) is 2.73. The predicted molar refractivity (Wildman–Crippen MR) is 65.0 cm³/mol. The lowest BCUT2D eigenvalue weighted by Crippen LogP contribution is -2.43. The van der Waals surface area contributed by atoms with E-state index in [0.717, 1.165) is 12.1 Å². The minimum absolute atomic E-state index is 0.0987. The van der Waals surface area contributed by atoms with Crippen LogP contribution in [0.4, 0.5) is 0 Å². The number of hydrogen-bond donors (Lipinski definition) is 2. The Kier molecular flexibility index (Phi) is 4.12. The van der Waals surface area contributed by atoms with E-state index < -0.39 is 5.41 Å². The summed E-state index contributed by atoms with van der Waals surface area (Å²) in [5.41, 5.74) is 6.26. The summed E-state index contributed by atoms with van der Waals surface area (Å²) >= 11 is 0. The first-order valence-corrected chi connectivity index (χ1v) is 5.55. The van der Waals surface area contributed by atoms with Gasteiger partial charge in [0.25, 0.3) is 0 Å². The molecule has 0 aromatic carbocycles. The summed E-state index contributed by atoms with van der Waals surface area (Å²) in [6, 6.07) is 3.98. The Bertz CT molecular complexity index is 330. The molecule has 0 radical (unpaired) electrons. The second-order valence-electron chi connectivity index (χ2n) is 4.76. The van der Waals surface area contributed by atoms with Crippen molar-refractivity contribution < 1.29 is 4.79 Å². The zero-order chi connectivity index (χ0) is 12.2. The Morgan fingerprint density at radius 3 is 2.75 bits per heavy atom. The van der Waals surface area contributed by atoms with Gasteiger partial charge in [-0.2, -0.15) is 0 Å². The molecule has 3 N–H and O–H groups in total. The third kappa shape index (κ3) is 3.10. The maximum Gasteiger partial charge on any atom is 0.229 e. The Labute approximate surface area is 96.8 Å². The number of nitrogens with one attached hydrogen (secondary N) is 1. The van der Waals surface area contributed by atoms with Crippen molar-refractivity contribution in [3.8, 4) is 0 Å². The number of H-pyrrole nitrogens is 1. The van der Waals surface area contributed by atoms with E-state index in [-0.39, 0.29) is 5.91 Å². The molecule has 0 aliphatic heterocycles. The van der Waals surface area contributed by atoms with Gasteiger partial charge in [-0.3, -0.25) is 4.79 Å². The van der Waals surface area contributed by atoms with Crippen molar-refractivity contribution >= 4 is 5.91 Å². The van der Waals surface area contributed by atoms with Crippen LogP contribution in [0.25, 0.3) is 0 Å². The number of amides is 1. The molecule has 4 nitrogen and oxygen atoms in total. The van der Waals surface area contributed by atoms with Crippen molar-refractivity contribution in [2.45, 2.75) is 20.3 Å². The van der Waals surface area contributed by atoms with E-state index >= 15 is 0 Å². The summed E-state index contributed by atoms with van der Waals surface area (Å²) in [6.45, 7) is 4.84. The highest BCUT2D eigenvalue weighted by atomic mass is 16.2. The standard InChI is InChI=1S/C12H21N3O/c1-12(2,9-13)11(16)15(3)8-6-10-5-4-7-14-10/h4-5,7,14H,6,8-9,13H2,1-3H3. The predicted octanol–water partition coefficient (Wildman–Crippen LogP) is 1.00. The molecule has 0 saturated heterocycles. The molecule has 0 saturated carbocycles. The maximum atomic E-state index is 12.0. The Hall–Kier alpha value is -1.29. The number of likely N-dealkylation sites (N-methyl/N-ethyl adjacent to an activating group) is 1. The lowest BCUT2D eigenvalue weighted by atomic mass is 9.92. The summed E-state index contributed by atoms with van der Waals surface area (Å²) in [5.74, 6) is 0.0987. The van der Waals surface area contributed by atoms with Crippen LogP contribution in [0.1, 0.15) is 19.5 Å². The fourth-order valence-electron chi connectivity index (χ4n) is 1.52. The minimum atomic E-state index is -0.468. The van der Waals surface area contributed by atoms with E-state index in [1.807, 2.05) is 39.2 Å². The van der Waals surface area contributed by atoms with Gasteiger partial charge in [-0.15, -0.1) is 0 Å². The summed E-state index contributed by atoms with van der Waals surface area (Å²) in [7, 11) is 1.82. The van der Waals surface area contributed by atoms with Gasteiger partial charge in [0.1, 0.15) is 0 Å².